The van der Waals surface area contributed by atoms with Crippen molar-refractivity contribution in [2.75, 3.05) is 27.2 Å². The Morgan fingerprint density at radius 2 is 2.10 bits per heavy atom. The summed E-state index contributed by atoms with van der Waals surface area (Å²) in [5.41, 5.74) is 6.20. The number of halogens is 1. The van der Waals surface area contributed by atoms with Gasteiger partial charge in [0, 0.05) is 18.2 Å². The van der Waals surface area contributed by atoms with Crippen molar-refractivity contribution in [2.24, 2.45) is 5.73 Å². The molecule has 1 heterocycles. The minimum absolute atomic E-state index is 0.194. The number of likely N-dealkylation sites (tertiary alicyclic amines) is 1. The number of nitrogens with one attached hydrogen (secondary N) is 1. The third-order valence-electron chi connectivity index (χ3n) is 4.10. The molecule has 0 spiro atoms. The fraction of sp³-hybridized carbons (Fsp3) is 0.533. The van der Waals surface area contributed by atoms with Crippen molar-refractivity contribution in [3.63, 3.8) is 0 Å². The molecule has 0 unspecified atom stereocenters. The van der Waals surface area contributed by atoms with Gasteiger partial charge in [-0.15, -0.1) is 0 Å². The Kier molecular flexibility index (Phi) is 4.73. The SMILES string of the molecule is CN1CCC(N(C)Cc2cccc(C(=N)N)c2F)CC1. The van der Waals surface area contributed by atoms with Crippen molar-refractivity contribution < 1.29 is 4.39 Å². The Labute approximate surface area is 119 Å². The quantitative estimate of drug-likeness (QED) is 0.650. The van der Waals surface area contributed by atoms with E-state index >= 15 is 0 Å². The van der Waals surface area contributed by atoms with Gasteiger partial charge in [0.1, 0.15) is 11.7 Å². The summed E-state index contributed by atoms with van der Waals surface area (Å²) in [6.45, 7) is 2.73. The topological polar surface area (TPSA) is 56.4 Å². The summed E-state index contributed by atoms with van der Waals surface area (Å²) in [4.78, 5) is 4.52. The van der Waals surface area contributed by atoms with Crippen molar-refractivity contribution in [3.05, 3.63) is 35.1 Å². The van der Waals surface area contributed by atoms with E-state index in [1.807, 2.05) is 7.05 Å². The number of nitrogens with zero attached hydrogens (tertiary/aromatic N) is 2. The molecule has 1 saturated heterocycles. The number of piperidine rings is 1. The predicted octanol–water partition coefficient (Wildman–Crippen LogP) is 1.64. The Morgan fingerprint density at radius 1 is 1.45 bits per heavy atom. The normalized spacial score (nSPS) is 17.6. The van der Waals surface area contributed by atoms with Crippen LogP contribution in [0.15, 0.2) is 18.2 Å². The van der Waals surface area contributed by atoms with Crippen molar-refractivity contribution in [1.29, 1.82) is 5.41 Å². The van der Waals surface area contributed by atoms with Crippen molar-refractivity contribution in [3.8, 4) is 0 Å². The van der Waals surface area contributed by atoms with Gasteiger partial charge in [0.15, 0.2) is 0 Å². The maximum atomic E-state index is 14.3. The molecule has 1 aliphatic rings. The summed E-state index contributed by atoms with van der Waals surface area (Å²) in [6.07, 6.45) is 2.22. The first kappa shape index (κ1) is 14.9. The van der Waals surface area contributed by atoms with Crippen LogP contribution in [0.4, 0.5) is 4.39 Å². The molecule has 0 atom stereocenters. The molecule has 0 saturated carbocycles. The zero-order chi connectivity index (χ0) is 14.7. The highest BCUT2D eigenvalue weighted by Crippen LogP contribution is 2.19. The van der Waals surface area contributed by atoms with Gasteiger partial charge in [-0.25, -0.2) is 4.39 Å². The lowest BCUT2D eigenvalue weighted by Gasteiger charge is -2.35. The number of benzene rings is 1. The maximum absolute atomic E-state index is 14.3. The molecule has 3 N–H and O–H groups in total. The van der Waals surface area contributed by atoms with E-state index in [4.69, 9.17) is 11.1 Å². The monoisotopic (exact) mass is 278 g/mol. The number of nitrogen functional groups attached to an aromatic ring is 1. The van der Waals surface area contributed by atoms with E-state index < -0.39 is 0 Å². The van der Waals surface area contributed by atoms with Crippen LogP contribution in [0, 0.1) is 11.2 Å². The summed E-state index contributed by atoms with van der Waals surface area (Å²) in [7, 11) is 4.17. The first-order valence-corrected chi connectivity index (χ1v) is 6.99. The Balaban J connectivity index is 2.06. The van der Waals surface area contributed by atoms with E-state index in [1.165, 1.54) is 0 Å². The second kappa shape index (κ2) is 6.33. The molecule has 0 amide bonds. The van der Waals surface area contributed by atoms with E-state index in [2.05, 4.69) is 16.8 Å². The molecule has 0 aromatic heterocycles. The molecule has 5 heteroatoms. The fourth-order valence-corrected chi connectivity index (χ4v) is 2.74. The molecule has 1 aliphatic heterocycles. The lowest BCUT2D eigenvalue weighted by molar-refractivity contribution is 0.138. The molecule has 0 bridgehead atoms. The summed E-state index contributed by atoms with van der Waals surface area (Å²) < 4.78 is 14.3. The van der Waals surface area contributed by atoms with Crippen LogP contribution < -0.4 is 5.73 Å². The van der Waals surface area contributed by atoms with Gasteiger partial charge in [-0.2, -0.15) is 0 Å². The summed E-state index contributed by atoms with van der Waals surface area (Å²) in [6, 6.07) is 5.58. The molecule has 0 radical (unpaired) electrons. The van der Waals surface area contributed by atoms with E-state index in [1.54, 1.807) is 18.2 Å². The van der Waals surface area contributed by atoms with Gasteiger partial charge in [-0.05, 0) is 46.1 Å². The average molecular weight is 278 g/mol. The van der Waals surface area contributed by atoms with E-state index in [-0.39, 0.29) is 17.2 Å². The molecule has 2 rings (SSSR count). The van der Waals surface area contributed by atoms with E-state index in [0.717, 1.165) is 25.9 Å². The van der Waals surface area contributed by atoms with Gasteiger partial charge in [0.25, 0.3) is 0 Å². The maximum Gasteiger partial charge on any atom is 0.138 e. The van der Waals surface area contributed by atoms with Gasteiger partial charge in [-0.3, -0.25) is 10.3 Å². The molecule has 20 heavy (non-hydrogen) atoms. The number of amidine groups is 1. The number of nitrogens with two attached hydrogens (primary N) is 1. The first-order valence-electron chi connectivity index (χ1n) is 6.99. The highest BCUT2D eigenvalue weighted by Gasteiger charge is 2.21. The molecule has 4 nitrogen and oxygen atoms in total. The van der Waals surface area contributed by atoms with E-state index in [0.29, 0.717) is 18.2 Å². The highest BCUT2D eigenvalue weighted by atomic mass is 19.1. The van der Waals surface area contributed by atoms with Crippen LogP contribution in [0.5, 0.6) is 0 Å². The summed E-state index contributed by atoms with van der Waals surface area (Å²) >= 11 is 0. The van der Waals surface area contributed by atoms with Gasteiger partial charge in [0.05, 0.1) is 5.56 Å². The molecule has 110 valence electrons. The lowest BCUT2D eigenvalue weighted by atomic mass is 10.0. The Bertz CT molecular complexity index is 481. The number of rotatable bonds is 4. The molecule has 1 aromatic carbocycles. The lowest BCUT2D eigenvalue weighted by Crippen LogP contribution is -2.41. The van der Waals surface area contributed by atoms with Crippen LogP contribution >= 0.6 is 0 Å². The van der Waals surface area contributed by atoms with Crippen LogP contribution in [0.2, 0.25) is 0 Å². The van der Waals surface area contributed by atoms with Crippen molar-refractivity contribution in [2.45, 2.75) is 25.4 Å². The van der Waals surface area contributed by atoms with Crippen LogP contribution in [-0.2, 0) is 6.54 Å². The van der Waals surface area contributed by atoms with Gasteiger partial charge in [0.2, 0.25) is 0 Å². The predicted molar refractivity (Wildman–Crippen MR) is 79.4 cm³/mol. The number of hydrogen-bond acceptors (Lipinski definition) is 3. The average Bonchev–Trinajstić information content (AvgIpc) is 2.41. The molecular weight excluding hydrogens is 255 g/mol. The van der Waals surface area contributed by atoms with Crippen molar-refractivity contribution in [1.82, 2.24) is 9.80 Å². The summed E-state index contributed by atoms with van der Waals surface area (Å²) in [5.74, 6) is -0.578. The third-order valence-corrected chi connectivity index (χ3v) is 4.10. The standard InChI is InChI=1S/C15H23FN4/c1-19-8-6-12(7-9-19)20(2)10-11-4-3-5-13(14(11)16)15(17)18/h3-5,12H,6-10H2,1-2H3,(H3,17,18). The van der Waals surface area contributed by atoms with Gasteiger partial charge < -0.3 is 10.6 Å². The second-order valence-corrected chi connectivity index (χ2v) is 5.64. The molecular formula is C15H23FN4. The highest BCUT2D eigenvalue weighted by molar-refractivity contribution is 5.95. The fourth-order valence-electron chi connectivity index (χ4n) is 2.74. The number of hydrogen-bond donors (Lipinski definition) is 2. The molecule has 0 aliphatic carbocycles. The minimum atomic E-state index is -0.361. The van der Waals surface area contributed by atoms with Crippen LogP contribution in [0.25, 0.3) is 0 Å². The van der Waals surface area contributed by atoms with Crippen molar-refractivity contribution >= 4 is 5.84 Å². The minimum Gasteiger partial charge on any atom is -0.384 e. The molecule has 1 aromatic rings. The van der Waals surface area contributed by atoms with Crippen LogP contribution in [0.1, 0.15) is 24.0 Å². The smallest absolute Gasteiger partial charge is 0.138 e. The van der Waals surface area contributed by atoms with E-state index in [9.17, 15) is 4.39 Å². The first-order chi connectivity index (χ1) is 9.49. The summed E-state index contributed by atoms with van der Waals surface area (Å²) in [5, 5.41) is 7.39. The second-order valence-electron chi connectivity index (χ2n) is 5.64. The largest absolute Gasteiger partial charge is 0.384 e. The van der Waals surface area contributed by atoms with Gasteiger partial charge >= 0.3 is 0 Å². The zero-order valence-corrected chi connectivity index (χ0v) is 12.2. The molecule has 1 fully saturated rings. The van der Waals surface area contributed by atoms with Crippen LogP contribution in [0.3, 0.4) is 0 Å². The Morgan fingerprint density at radius 3 is 2.70 bits per heavy atom. The van der Waals surface area contributed by atoms with Crippen LogP contribution in [-0.4, -0.2) is 48.9 Å². The Hall–Kier alpha value is -1.46. The zero-order valence-electron chi connectivity index (χ0n) is 12.2. The van der Waals surface area contributed by atoms with Gasteiger partial charge in [-0.1, -0.05) is 12.1 Å². The third kappa shape index (κ3) is 3.35.